The van der Waals surface area contributed by atoms with Gasteiger partial charge in [-0.3, -0.25) is 4.79 Å². The van der Waals surface area contributed by atoms with Crippen molar-refractivity contribution in [2.45, 2.75) is 73.7 Å². The van der Waals surface area contributed by atoms with Gasteiger partial charge in [-0.15, -0.1) is 10.2 Å². The number of benzene rings is 1. The molecule has 3 aliphatic rings. The van der Waals surface area contributed by atoms with Crippen LogP contribution in [0.15, 0.2) is 22.5 Å². The van der Waals surface area contributed by atoms with Crippen LogP contribution in [0.5, 0.6) is 11.5 Å². The average Bonchev–Trinajstić information content (AvgIpc) is 3.48. The van der Waals surface area contributed by atoms with Gasteiger partial charge in [0.25, 0.3) is 0 Å². The van der Waals surface area contributed by atoms with Crippen LogP contribution in [0.3, 0.4) is 0 Å². The fraction of sp³-hybridized carbons (Fsp3) is 0.609. The molecule has 2 aromatic rings. The fourth-order valence-electron chi connectivity index (χ4n) is 4.98. The van der Waals surface area contributed by atoms with E-state index in [0.29, 0.717) is 25.0 Å². The van der Waals surface area contributed by atoms with E-state index in [-0.39, 0.29) is 11.4 Å². The molecule has 2 aliphatic carbocycles. The van der Waals surface area contributed by atoms with Crippen molar-refractivity contribution >= 4 is 34.1 Å². The number of nitrogens with one attached hydrogen (secondary N) is 2. The number of rotatable bonds is 7. The second kappa shape index (κ2) is 9.87. The van der Waals surface area contributed by atoms with Crippen molar-refractivity contribution in [2.24, 2.45) is 0 Å². The maximum atomic E-state index is 12.9. The molecule has 1 amide bonds. The van der Waals surface area contributed by atoms with E-state index < -0.39 is 0 Å². The van der Waals surface area contributed by atoms with Gasteiger partial charge in [0.15, 0.2) is 15.8 Å². The first-order valence-electron chi connectivity index (χ1n) is 11.6. The molecule has 0 saturated heterocycles. The van der Waals surface area contributed by atoms with E-state index in [4.69, 9.17) is 9.47 Å². The molecule has 2 heterocycles. The van der Waals surface area contributed by atoms with Gasteiger partial charge in [0.1, 0.15) is 13.2 Å². The SMILES string of the molecule is O=C(CSc1nnc(NC2CCCCC2)s1)NC1(c2ccc3c(c2)OCCO3)CCCC1. The first-order valence-corrected chi connectivity index (χ1v) is 13.4. The third kappa shape index (κ3) is 4.98. The first kappa shape index (κ1) is 21.8. The highest BCUT2D eigenvalue weighted by atomic mass is 32.2. The zero-order valence-corrected chi connectivity index (χ0v) is 19.9. The largest absolute Gasteiger partial charge is 0.486 e. The van der Waals surface area contributed by atoms with Crippen LogP contribution in [0.1, 0.15) is 63.4 Å². The number of ether oxygens (including phenoxy) is 2. The molecule has 2 saturated carbocycles. The van der Waals surface area contributed by atoms with Gasteiger partial charge in [-0.2, -0.15) is 0 Å². The van der Waals surface area contributed by atoms with Crippen LogP contribution >= 0.6 is 23.1 Å². The third-order valence-electron chi connectivity index (χ3n) is 6.60. The Balaban J connectivity index is 1.19. The minimum atomic E-state index is -0.331. The maximum absolute atomic E-state index is 12.9. The highest BCUT2D eigenvalue weighted by Gasteiger charge is 2.37. The summed E-state index contributed by atoms with van der Waals surface area (Å²) < 4.78 is 12.3. The summed E-state index contributed by atoms with van der Waals surface area (Å²) in [7, 11) is 0. The molecule has 9 heteroatoms. The van der Waals surface area contributed by atoms with E-state index in [2.05, 4.69) is 26.9 Å². The Bertz CT molecular complexity index is 939. The van der Waals surface area contributed by atoms with E-state index in [9.17, 15) is 4.79 Å². The highest BCUT2D eigenvalue weighted by molar-refractivity contribution is 8.01. The summed E-state index contributed by atoms with van der Waals surface area (Å²) in [6.45, 7) is 1.14. The summed E-state index contributed by atoms with van der Waals surface area (Å²) >= 11 is 3.00. The van der Waals surface area contributed by atoms with E-state index in [0.717, 1.165) is 52.2 Å². The van der Waals surface area contributed by atoms with Crippen LogP contribution in [-0.4, -0.2) is 41.1 Å². The van der Waals surface area contributed by atoms with Gasteiger partial charge < -0.3 is 20.1 Å². The molecule has 7 nitrogen and oxygen atoms in total. The van der Waals surface area contributed by atoms with Crippen molar-refractivity contribution in [2.75, 3.05) is 24.3 Å². The van der Waals surface area contributed by atoms with Gasteiger partial charge in [-0.25, -0.2) is 0 Å². The molecule has 0 atom stereocenters. The van der Waals surface area contributed by atoms with Crippen molar-refractivity contribution in [1.29, 1.82) is 0 Å². The van der Waals surface area contributed by atoms with E-state index in [1.807, 2.05) is 12.1 Å². The van der Waals surface area contributed by atoms with Gasteiger partial charge in [-0.1, -0.05) is 61.3 Å². The number of carbonyl (C=O) groups is 1. The minimum Gasteiger partial charge on any atom is -0.486 e. The Labute approximate surface area is 197 Å². The number of carbonyl (C=O) groups excluding carboxylic acids is 1. The number of hydrogen-bond donors (Lipinski definition) is 2. The van der Waals surface area contributed by atoms with Crippen LogP contribution in [0.25, 0.3) is 0 Å². The van der Waals surface area contributed by atoms with Gasteiger partial charge >= 0.3 is 0 Å². The van der Waals surface area contributed by atoms with Gasteiger partial charge in [0, 0.05) is 6.04 Å². The summed E-state index contributed by atoms with van der Waals surface area (Å²) in [6.07, 6.45) is 10.4. The number of hydrogen-bond acceptors (Lipinski definition) is 8. The second-order valence-corrected chi connectivity index (χ2v) is 11.0. The predicted molar refractivity (Wildman–Crippen MR) is 127 cm³/mol. The van der Waals surface area contributed by atoms with Crippen molar-refractivity contribution in [3.05, 3.63) is 23.8 Å². The lowest BCUT2D eigenvalue weighted by atomic mass is 9.87. The van der Waals surface area contributed by atoms with Crippen molar-refractivity contribution in [3.63, 3.8) is 0 Å². The predicted octanol–water partition coefficient (Wildman–Crippen LogP) is 4.73. The summed E-state index contributed by atoms with van der Waals surface area (Å²) in [6, 6.07) is 6.58. The lowest BCUT2D eigenvalue weighted by molar-refractivity contribution is -0.120. The normalized spacial score (nSPS) is 20.1. The smallest absolute Gasteiger partial charge is 0.231 e. The Morgan fingerprint density at radius 3 is 2.66 bits per heavy atom. The molecular formula is C23H30N4O3S2. The third-order valence-corrected chi connectivity index (χ3v) is 8.58. The molecule has 1 aliphatic heterocycles. The Morgan fingerprint density at radius 1 is 1.06 bits per heavy atom. The molecule has 5 rings (SSSR count). The van der Waals surface area contributed by atoms with Crippen molar-refractivity contribution < 1.29 is 14.3 Å². The highest BCUT2D eigenvalue weighted by Crippen LogP contribution is 2.42. The quantitative estimate of drug-likeness (QED) is 0.561. The number of nitrogens with zero attached hydrogens (tertiary/aromatic N) is 2. The van der Waals surface area contributed by atoms with E-state index in [1.54, 1.807) is 11.3 Å². The van der Waals surface area contributed by atoms with Crippen LogP contribution in [0, 0.1) is 0 Å². The minimum absolute atomic E-state index is 0.0313. The molecule has 0 unspecified atom stereocenters. The Morgan fingerprint density at radius 2 is 1.84 bits per heavy atom. The summed E-state index contributed by atoms with van der Waals surface area (Å²) in [5.41, 5.74) is 0.773. The molecule has 0 spiro atoms. The standard InChI is InChI=1S/C23H30N4O3S2/c28-20(15-31-22-27-26-21(32-22)24-17-6-2-1-3-7-17)25-23(10-4-5-11-23)16-8-9-18-19(14-16)30-13-12-29-18/h8-9,14,17H,1-7,10-13,15H2,(H,24,26)(H,25,28). The molecule has 2 N–H and O–H groups in total. The molecule has 1 aromatic carbocycles. The zero-order chi connectivity index (χ0) is 21.8. The van der Waals surface area contributed by atoms with Crippen molar-refractivity contribution in [1.82, 2.24) is 15.5 Å². The molecule has 0 bridgehead atoms. The number of aromatic nitrogens is 2. The van der Waals surface area contributed by atoms with Crippen LogP contribution < -0.4 is 20.1 Å². The first-order chi connectivity index (χ1) is 15.7. The molecule has 172 valence electrons. The van der Waals surface area contributed by atoms with Crippen LogP contribution in [-0.2, 0) is 10.3 Å². The zero-order valence-electron chi connectivity index (χ0n) is 18.2. The molecule has 0 radical (unpaired) electrons. The fourth-order valence-corrected chi connectivity index (χ4v) is 6.61. The Kier molecular flexibility index (Phi) is 6.73. The summed E-state index contributed by atoms with van der Waals surface area (Å²) in [5, 5.41) is 16.3. The van der Waals surface area contributed by atoms with Crippen LogP contribution in [0.4, 0.5) is 5.13 Å². The van der Waals surface area contributed by atoms with E-state index >= 15 is 0 Å². The molecule has 2 fully saturated rings. The monoisotopic (exact) mass is 474 g/mol. The number of anilines is 1. The number of fused-ring (bicyclic) bond motifs is 1. The average molecular weight is 475 g/mol. The topological polar surface area (TPSA) is 85.4 Å². The molecule has 1 aromatic heterocycles. The van der Waals surface area contributed by atoms with Crippen molar-refractivity contribution in [3.8, 4) is 11.5 Å². The maximum Gasteiger partial charge on any atom is 0.231 e. The molecule has 32 heavy (non-hydrogen) atoms. The summed E-state index contributed by atoms with van der Waals surface area (Å²) in [4.78, 5) is 12.9. The van der Waals surface area contributed by atoms with Crippen LogP contribution in [0.2, 0.25) is 0 Å². The number of thioether (sulfide) groups is 1. The Hall–Kier alpha value is -2.00. The van der Waals surface area contributed by atoms with E-state index in [1.165, 1.54) is 43.9 Å². The number of amides is 1. The second-order valence-electron chi connectivity index (χ2n) is 8.84. The lowest BCUT2D eigenvalue weighted by Crippen LogP contribution is -2.44. The molecular weight excluding hydrogens is 444 g/mol. The summed E-state index contributed by atoms with van der Waals surface area (Å²) in [5.74, 6) is 1.92. The van der Waals surface area contributed by atoms with Gasteiger partial charge in [-0.05, 0) is 43.4 Å². The van der Waals surface area contributed by atoms with Gasteiger partial charge in [0.05, 0.1) is 11.3 Å². The lowest BCUT2D eigenvalue weighted by Gasteiger charge is -2.32. The van der Waals surface area contributed by atoms with Gasteiger partial charge in [0.2, 0.25) is 11.0 Å².